The Hall–Kier alpha value is -0.860. The number of benzene rings is 1. The molecule has 1 N–H and O–H groups in total. The summed E-state index contributed by atoms with van der Waals surface area (Å²) in [5.41, 5.74) is 2.93. The Kier molecular flexibility index (Phi) is 4.51. The minimum Gasteiger partial charge on any atom is -0.387 e. The van der Waals surface area contributed by atoms with Crippen molar-refractivity contribution in [1.29, 1.82) is 0 Å². The molecule has 2 nitrogen and oxygen atoms in total. The van der Waals surface area contributed by atoms with Gasteiger partial charge >= 0.3 is 0 Å². The molecule has 0 spiro atoms. The zero-order valence-electron chi connectivity index (χ0n) is 10.7. The van der Waals surface area contributed by atoms with Gasteiger partial charge in [0, 0.05) is 13.5 Å². The van der Waals surface area contributed by atoms with E-state index >= 15 is 0 Å². The summed E-state index contributed by atoms with van der Waals surface area (Å²) in [6.07, 6.45) is 1.36. The summed E-state index contributed by atoms with van der Waals surface area (Å²) in [5.74, 6) is 0. The fraction of sp³-hybridized carbons (Fsp3) is 0.571. The Balaban J connectivity index is 2.89. The standard InChI is InChI=1S/C14H22O2/c1-5-14(15,10-16-4)9-13-8-11(2)6-7-12(13)3/h6-8,15H,5,9-10H2,1-4H3. The predicted octanol–water partition coefficient (Wildman–Crippen LogP) is 2.63. The second-order valence-electron chi connectivity index (χ2n) is 4.62. The first-order valence-electron chi connectivity index (χ1n) is 5.78. The SMILES string of the molecule is CCC(O)(COC)Cc1cc(C)ccc1C. The minimum absolute atomic E-state index is 0.386. The Labute approximate surface area is 98.3 Å². The van der Waals surface area contributed by atoms with Crippen molar-refractivity contribution in [3.05, 3.63) is 34.9 Å². The van der Waals surface area contributed by atoms with Gasteiger partial charge in [0.05, 0.1) is 12.2 Å². The van der Waals surface area contributed by atoms with Gasteiger partial charge < -0.3 is 9.84 Å². The first-order valence-corrected chi connectivity index (χ1v) is 5.78. The van der Waals surface area contributed by atoms with E-state index in [4.69, 9.17) is 4.74 Å². The van der Waals surface area contributed by atoms with E-state index in [0.717, 1.165) is 0 Å². The zero-order valence-corrected chi connectivity index (χ0v) is 10.7. The van der Waals surface area contributed by atoms with E-state index in [2.05, 4.69) is 32.0 Å². The normalized spacial score (nSPS) is 14.8. The van der Waals surface area contributed by atoms with E-state index < -0.39 is 5.60 Å². The molecule has 0 fully saturated rings. The number of methoxy groups -OCH3 is 1. The third-order valence-electron chi connectivity index (χ3n) is 3.10. The molecular formula is C14H22O2. The molecule has 0 heterocycles. The quantitative estimate of drug-likeness (QED) is 0.830. The van der Waals surface area contributed by atoms with Gasteiger partial charge in [0.25, 0.3) is 0 Å². The number of aryl methyl sites for hydroxylation is 2. The lowest BCUT2D eigenvalue weighted by molar-refractivity contribution is -0.0334. The van der Waals surface area contributed by atoms with Crippen LogP contribution in [-0.4, -0.2) is 24.4 Å². The van der Waals surface area contributed by atoms with Crippen molar-refractivity contribution in [2.45, 2.75) is 39.2 Å². The van der Waals surface area contributed by atoms with Gasteiger partial charge in [0.15, 0.2) is 0 Å². The lowest BCUT2D eigenvalue weighted by Crippen LogP contribution is -2.36. The minimum atomic E-state index is -0.743. The van der Waals surface area contributed by atoms with Crippen LogP contribution >= 0.6 is 0 Å². The van der Waals surface area contributed by atoms with Crippen LogP contribution in [0.15, 0.2) is 18.2 Å². The molecule has 90 valence electrons. The van der Waals surface area contributed by atoms with Crippen LogP contribution < -0.4 is 0 Å². The third-order valence-corrected chi connectivity index (χ3v) is 3.10. The van der Waals surface area contributed by atoms with Crippen molar-refractivity contribution in [3.63, 3.8) is 0 Å². The molecule has 0 aromatic heterocycles. The van der Waals surface area contributed by atoms with Gasteiger partial charge in [0.1, 0.15) is 0 Å². The number of rotatable bonds is 5. The third kappa shape index (κ3) is 3.32. The summed E-state index contributed by atoms with van der Waals surface area (Å²) >= 11 is 0. The molecule has 2 heteroatoms. The Bertz CT molecular complexity index is 347. The van der Waals surface area contributed by atoms with Gasteiger partial charge in [-0.3, -0.25) is 0 Å². The molecule has 0 saturated heterocycles. The van der Waals surface area contributed by atoms with Gasteiger partial charge in [-0.05, 0) is 31.4 Å². The monoisotopic (exact) mass is 222 g/mol. The fourth-order valence-corrected chi connectivity index (χ4v) is 1.89. The van der Waals surface area contributed by atoms with Crippen molar-refractivity contribution in [2.75, 3.05) is 13.7 Å². The van der Waals surface area contributed by atoms with Crippen LogP contribution in [0, 0.1) is 13.8 Å². The second kappa shape index (κ2) is 5.46. The van der Waals surface area contributed by atoms with Crippen molar-refractivity contribution in [1.82, 2.24) is 0 Å². The van der Waals surface area contributed by atoms with Crippen LogP contribution in [0.5, 0.6) is 0 Å². The lowest BCUT2D eigenvalue weighted by Gasteiger charge is -2.26. The molecule has 0 radical (unpaired) electrons. The first kappa shape index (κ1) is 13.2. The van der Waals surface area contributed by atoms with Crippen LogP contribution in [0.2, 0.25) is 0 Å². The number of hydrogen-bond acceptors (Lipinski definition) is 2. The first-order chi connectivity index (χ1) is 7.50. The van der Waals surface area contributed by atoms with E-state index in [1.807, 2.05) is 6.92 Å². The van der Waals surface area contributed by atoms with Crippen LogP contribution in [0.4, 0.5) is 0 Å². The molecule has 0 aliphatic rings. The average Bonchev–Trinajstić information content (AvgIpc) is 2.24. The zero-order chi connectivity index (χ0) is 12.2. The van der Waals surface area contributed by atoms with E-state index in [1.54, 1.807) is 7.11 Å². The average molecular weight is 222 g/mol. The van der Waals surface area contributed by atoms with Gasteiger partial charge in [-0.1, -0.05) is 30.7 Å². The summed E-state index contributed by atoms with van der Waals surface area (Å²) in [6, 6.07) is 6.35. The highest BCUT2D eigenvalue weighted by Gasteiger charge is 2.25. The number of hydrogen-bond donors (Lipinski definition) is 1. The van der Waals surface area contributed by atoms with Crippen LogP contribution in [0.3, 0.4) is 0 Å². The summed E-state index contributed by atoms with van der Waals surface area (Å²) in [6.45, 7) is 6.53. The van der Waals surface area contributed by atoms with E-state index in [1.165, 1.54) is 16.7 Å². The molecule has 0 aliphatic heterocycles. The fourth-order valence-electron chi connectivity index (χ4n) is 1.89. The summed E-state index contributed by atoms with van der Waals surface area (Å²) in [7, 11) is 1.63. The van der Waals surface area contributed by atoms with Crippen LogP contribution in [0.25, 0.3) is 0 Å². The lowest BCUT2D eigenvalue weighted by atomic mass is 9.90. The smallest absolute Gasteiger partial charge is 0.0917 e. The van der Waals surface area contributed by atoms with Crippen LogP contribution in [-0.2, 0) is 11.2 Å². The molecule has 1 atom stereocenters. The number of aliphatic hydroxyl groups is 1. The summed E-state index contributed by atoms with van der Waals surface area (Å²) in [4.78, 5) is 0. The van der Waals surface area contributed by atoms with E-state index in [0.29, 0.717) is 19.4 Å². The Morgan fingerprint density at radius 2 is 2.00 bits per heavy atom. The highest BCUT2D eigenvalue weighted by molar-refractivity contribution is 5.31. The van der Waals surface area contributed by atoms with Crippen molar-refractivity contribution < 1.29 is 9.84 Å². The molecule has 0 aliphatic carbocycles. The van der Waals surface area contributed by atoms with E-state index in [-0.39, 0.29) is 0 Å². The van der Waals surface area contributed by atoms with Gasteiger partial charge in [-0.15, -0.1) is 0 Å². The van der Waals surface area contributed by atoms with Crippen molar-refractivity contribution >= 4 is 0 Å². The summed E-state index contributed by atoms with van der Waals surface area (Å²) < 4.78 is 5.09. The molecule has 0 bridgehead atoms. The maximum atomic E-state index is 10.4. The Morgan fingerprint density at radius 1 is 1.31 bits per heavy atom. The maximum absolute atomic E-state index is 10.4. The molecule has 1 aromatic carbocycles. The molecule has 1 unspecified atom stereocenters. The molecule has 1 rings (SSSR count). The largest absolute Gasteiger partial charge is 0.387 e. The molecule has 0 saturated carbocycles. The van der Waals surface area contributed by atoms with Crippen LogP contribution in [0.1, 0.15) is 30.0 Å². The Morgan fingerprint density at radius 3 is 2.56 bits per heavy atom. The molecule has 1 aromatic rings. The van der Waals surface area contributed by atoms with Crippen molar-refractivity contribution in [2.24, 2.45) is 0 Å². The van der Waals surface area contributed by atoms with E-state index in [9.17, 15) is 5.11 Å². The molecule has 0 amide bonds. The van der Waals surface area contributed by atoms with Gasteiger partial charge in [-0.2, -0.15) is 0 Å². The topological polar surface area (TPSA) is 29.5 Å². The van der Waals surface area contributed by atoms with Crippen molar-refractivity contribution in [3.8, 4) is 0 Å². The molecular weight excluding hydrogens is 200 g/mol. The van der Waals surface area contributed by atoms with Gasteiger partial charge in [0.2, 0.25) is 0 Å². The predicted molar refractivity (Wildman–Crippen MR) is 66.7 cm³/mol. The van der Waals surface area contributed by atoms with Gasteiger partial charge in [-0.25, -0.2) is 0 Å². The number of ether oxygens (including phenoxy) is 1. The maximum Gasteiger partial charge on any atom is 0.0917 e. The second-order valence-corrected chi connectivity index (χ2v) is 4.62. The highest BCUT2D eigenvalue weighted by Crippen LogP contribution is 2.21. The summed E-state index contributed by atoms with van der Waals surface area (Å²) in [5, 5.41) is 10.4. The highest BCUT2D eigenvalue weighted by atomic mass is 16.5. The molecule has 16 heavy (non-hydrogen) atoms.